The summed E-state index contributed by atoms with van der Waals surface area (Å²) >= 11 is 0. The van der Waals surface area contributed by atoms with Gasteiger partial charge in [-0.2, -0.15) is 0 Å². The molecule has 0 radical (unpaired) electrons. The third-order valence-corrected chi connectivity index (χ3v) is 4.34. The molecule has 1 aromatic carbocycles. The second kappa shape index (κ2) is 15.3. The summed E-state index contributed by atoms with van der Waals surface area (Å²) in [5, 5.41) is 9.27. The molecule has 0 aliphatic carbocycles. The molecule has 1 heterocycles. The maximum absolute atomic E-state index is 12.1. The van der Waals surface area contributed by atoms with Crippen LogP contribution in [0.4, 0.5) is 0 Å². The first-order chi connectivity index (χ1) is 13.7. The molecule has 0 spiro atoms. The van der Waals surface area contributed by atoms with Gasteiger partial charge in [-0.25, -0.2) is 0 Å². The number of carbonyl (C=O) groups excluding carboxylic acids is 1. The van der Waals surface area contributed by atoms with Gasteiger partial charge >= 0.3 is 0 Å². The van der Waals surface area contributed by atoms with Crippen molar-refractivity contribution in [2.24, 2.45) is 4.99 Å². The van der Waals surface area contributed by atoms with Gasteiger partial charge in [0.05, 0.1) is 19.8 Å². The van der Waals surface area contributed by atoms with Crippen molar-refractivity contribution in [2.45, 2.75) is 25.4 Å². The molecule has 1 amide bonds. The minimum Gasteiger partial charge on any atom is -0.497 e. The van der Waals surface area contributed by atoms with Crippen molar-refractivity contribution in [3.8, 4) is 5.75 Å². The number of benzene rings is 1. The smallest absolute Gasteiger partial charge is 0.251 e. The van der Waals surface area contributed by atoms with Gasteiger partial charge in [0.25, 0.3) is 5.91 Å². The van der Waals surface area contributed by atoms with Gasteiger partial charge in [0.1, 0.15) is 5.75 Å². The lowest BCUT2D eigenvalue weighted by molar-refractivity contribution is 0.0168. The van der Waals surface area contributed by atoms with Gasteiger partial charge in [0.15, 0.2) is 5.96 Å². The predicted molar refractivity (Wildman–Crippen MR) is 125 cm³/mol. The highest BCUT2D eigenvalue weighted by Gasteiger charge is 2.14. The van der Waals surface area contributed by atoms with E-state index in [1.54, 1.807) is 32.4 Å². The van der Waals surface area contributed by atoms with E-state index in [1.807, 2.05) is 6.07 Å². The highest BCUT2D eigenvalue weighted by molar-refractivity contribution is 14.0. The van der Waals surface area contributed by atoms with Crippen LogP contribution in [0, 0.1) is 0 Å². The van der Waals surface area contributed by atoms with Gasteiger partial charge in [0, 0.05) is 45.5 Å². The van der Waals surface area contributed by atoms with E-state index in [-0.39, 0.29) is 36.0 Å². The molecule has 29 heavy (non-hydrogen) atoms. The van der Waals surface area contributed by atoms with Gasteiger partial charge in [-0.3, -0.25) is 9.79 Å². The molecular formula is C20H33IN4O4. The molecule has 1 aliphatic rings. The molecule has 8 nitrogen and oxygen atoms in total. The van der Waals surface area contributed by atoms with E-state index < -0.39 is 0 Å². The molecule has 1 fully saturated rings. The Morgan fingerprint density at radius 2 is 2.03 bits per heavy atom. The zero-order chi connectivity index (χ0) is 20.0. The van der Waals surface area contributed by atoms with Gasteiger partial charge in [0.2, 0.25) is 0 Å². The number of aliphatic imine (C=N–C) groups is 1. The summed E-state index contributed by atoms with van der Waals surface area (Å²) in [6.07, 6.45) is 3.40. The molecule has 9 heteroatoms. The average Bonchev–Trinajstić information content (AvgIpc) is 3.25. The molecule has 0 saturated carbocycles. The van der Waals surface area contributed by atoms with Crippen LogP contribution in [0.3, 0.4) is 0 Å². The lowest BCUT2D eigenvalue weighted by Crippen LogP contribution is -2.42. The molecule has 1 unspecified atom stereocenters. The van der Waals surface area contributed by atoms with Crippen LogP contribution in [0.5, 0.6) is 5.75 Å². The maximum atomic E-state index is 12.1. The van der Waals surface area contributed by atoms with Gasteiger partial charge in [-0.15, -0.1) is 24.0 Å². The monoisotopic (exact) mass is 520 g/mol. The minimum absolute atomic E-state index is 0. The number of nitrogens with zero attached hydrogens (tertiary/aromatic N) is 1. The third kappa shape index (κ3) is 10.1. The maximum Gasteiger partial charge on any atom is 0.251 e. The third-order valence-electron chi connectivity index (χ3n) is 4.34. The van der Waals surface area contributed by atoms with Crippen molar-refractivity contribution < 1.29 is 19.0 Å². The predicted octanol–water partition coefficient (Wildman–Crippen LogP) is 1.79. The molecule has 1 saturated heterocycles. The van der Waals surface area contributed by atoms with E-state index in [9.17, 15) is 4.79 Å². The van der Waals surface area contributed by atoms with E-state index in [0.717, 1.165) is 32.4 Å². The van der Waals surface area contributed by atoms with Crippen LogP contribution in [0.1, 0.15) is 29.6 Å². The number of guanidine groups is 1. The second-order valence-corrected chi connectivity index (χ2v) is 6.48. The Bertz CT molecular complexity index is 624. The van der Waals surface area contributed by atoms with E-state index in [2.05, 4.69) is 20.9 Å². The summed E-state index contributed by atoms with van der Waals surface area (Å²) in [7, 11) is 3.30. The standard InChI is InChI=1S/C20H32N4O4.HI/c1-21-20(23-9-5-12-27-15-18-8-4-13-28-18)24-11-10-22-19(25)16-6-3-7-17(14-16)26-2;/h3,6-7,14,18H,4-5,8-13,15H2,1-2H3,(H,22,25)(H2,21,23,24);1H. The first-order valence-electron chi connectivity index (χ1n) is 9.79. The van der Waals surface area contributed by atoms with E-state index >= 15 is 0 Å². The topological polar surface area (TPSA) is 93.2 Å². The number of amides is 1. The van der Waals surface area contributed by atoms with E-state index in [0.29, 0.717) is 43.6 Å². The van der Waals surface area contributed by atoms with Crippen molar-refractivity contribution in [1.29, 1.82) is 0 Å². The largest absolute Gasteiger partial charge is 0.497 e. The normalized spacial score (nSPS) is 16.1. The number of carbonyl (C=O) groups is 1. The number of methoxy groups -OCH3 is 1. The first-order valence-corrected chi connectivity index (χ1v) is 9.79. The molecule has 1 aromatic rings. The molecule has 3 N–H and O–H groups in total. The summed E-state index contributed by atoms with van der Waals surface area (Å²) in [5.41, 5.74) is 0.574. The average molecular weight is 520 g/mol. The minimum atomic E-state index is -0.132. The molecule has 2 rings (SSSR count). The van der Waals surface area contributed by atoms with Crippen LogP contribution in [-0.4, -0.2) is 71.6 Å². The van der Waals surface area contributed by atoms with Gasteiger partial charge in [-0.1, -0.05) is 6.07 Å². The van der Waals surface area contributed by atoms with E-state index in [4.69, 9.17) is 14.2 Å². The summed E-state index contributed by atoms with van der Waals surface area (Å²) in [4.78, 5) is 16.3. The quantitative estimate of drug-likeness (QED) is 0.178. The highest BCUT2D eigenvalue weighted by Crippen LogP contribution is 2.12. The number of nitrogens with one attached hydrogen (secondary N) is 3. The fourth-order valence-electron chi connectivity index (χ4n) is 2.82. The SMILES string of the molecule is CN=C(NCCCOCC1CCCO1)NCCNC(=O)c1cccc(OC)c1.I. The molecule has 1 atom stereocenters. The zero-order valence-electron chi connectivity index (χ0n) is 17.2. The van der Waals surface area contributed by atoms with Crippen LogP contribution >= 0.6 is 24.0 Å². The van der Waals surface area contributed by atoms with Crippen LogP contribution in [0.15, 0.2) is 29.3 Å². The number of hydrogen-bond donors (Lipinski definition) is 3. The van der Waals surface area contributed by atoms with Crippen LogP contribution < -0.4 is 20.7 Å². The summed E-state index contributed by atoms with van der Waals surface area (Å²) in [6.45, 7) is 4.06. The molecule has 0 aromatic heterocycles. The van der Waals surface area contributed by atoms with Crippen molar-refractivity contribution in [3.05, 3.63) is 29.8 Å². The Hall–Kier alpha value is -1.59. The van der Waals surface area contributed by atoms with Crippen LogP contribution in [0.2, 0.25) is 0 Å². The number of hydrogen-bond acceptors (Lipinski definition) is 5. The fourth-order valence-corrected chi connectivity index (χ4v) is 2.82. The van der Waals surface area contributed by atoms with Gasteiger partial charge < -0.3 is 30.2 Å². The highest BCUT2D eigenvalue weighted by atomic mass is 127. The fraction of sp³-hybridized carbons (Fsp3) is 0.600. The van der Waals surface area contributed by atoms with Crippen LogP contribution in [0.25, 0.3) is 0 Å². The molecule has 0 bridgehead atoms. The number of rotatable bonds is 11. The van der Waals surface area contributed by atoms with Crippen LogP contribution in [-0.2, 0) is 9.47 Å². The summed E-state index contributed by atoms with van der Waals surface area (Å²) < 4.78 is 16.3. The van der Waals surface area contributed by atoms with Gasteiger partial charge in [-0.05, 0) is 37.5 Å². The molecule has 164 valence electrons. The molecular weight excluding hydrogens is 487 g/mol. The van der Waals surface area contributed by atoms with Crippen molar-refractivity contribution in [2.75, 3.05) is 53.6 Å². The molecule has 1 aliphatic heterocycles. The Labute approximate surface area is 190 Å². The second-order valence-electron chi connectivity index (χ2n) is 6.48. The Kier molecular flexibility index (Phi) is 13.4. The Morgan fingerprint density at radius 1 is 1.24 bits per heavy atom. The van der Waals surface area contributed by atoms with E-state index in [1.165, 1.54) is 0 Å². The number of ether oxygens (including phenoxy) is 3. The van der Waals surface area contributed by atoms with Crippen molar-refractivity contribution in [3.63, 3.8) is 0 Å². The Morgan fingerprint density at radius 3 is 2.76 bits per heavy atom. The number of halogens is 1. The zero-order valence-corrected chi connectivity index (χ0v) is 19.6. The summed E-state index contributed by atoms with van der Waals surface area (Å²) in [6, 6.07) is 7.07. The summed E-state index contributed by atoms with van der Waals surface area (Å²) in [5.74, 6) is 1.23. The Balaban J connectivity index is 0.00000420. The lowest BCUT2D eigenvalue weighted by Gasteiger charge is -2.13. The van der Waals surface area contributed by atoms with Crippen molar-refractivity contribution >= 4 is 35.8 Å². The first kappa shape index (κ1) is 25.4. The van der Waals surface area contributed by atoms with Crippen molar-refractivity contribution in [1.82, 2.24) is 16.0 Å². The lowest BCUT2D eigenvalue weighted by atomic mass is 10.2.